The lowest BCUT2D eigenvalue weighted by molar-refractivity contribution is -0.136. The minimum absolute atomic E-state index is 0.0398. The molecule has 0 fully saturated rings. The van der Waals surface area contributed by atoms with Gasteiger partial charge in [0.05, 0.1) is 17.7 Å². The normalized spacial score (nSPS) is 13.3. The van der Waals surface area contributed by atoms with Crippen molar-refractivity contribution in [2.75, 3.05) is 19.0 Å². The van der Waals surface area contributed by atoms with Crippen LogP contribution in [0.25, 0.3) is 0 Å². The molecule has 0 saturated heterocycles. The zero-order valence-electron chi connectivity index (χ0n) is 11.3. The molecule has 0 aromatic carbocycles. The lowest BCUT2D eigenvalue weighted by atomic mass is 10.0. The van der Waals surface area contributed by atoms with E-state index in [4.69, 9.17) is 9.84 Å². The summed E-state index contributed by atoms with van der Waals surface area (Å²) in [7, 11) is 1.51. The monoisotopic (exact) mass is 282 g/mol. The van der Waals surface area contributed by atoms with Crippen LogP contribution in [-0.4, -0.2) is 35.3 Å². The third kappa shape index (κ3) is 4.31. The number of thiazole rings is 1. The quantitative estimate of drug-likeness (QED) is 0.805. The van der Waals surface area contributed by atoms with Gasteiger partial charge in [0, 0.05) is 13.5 Å². The second kappa shape index (κ2) is 7.24. The van der Waals surface area contributed by atoms with Gasteiger partial charge in [-0.3, -0.25) is 10.1 Å². The minimum Gasteiger partial charge on any atom is -0.395 e. The van der Waals surface area contributed by atoms with Gasteiger partial charge in [-0.05, 0) is 13.3 Å². The molecule has 1 heterocycles. The number of anilines is 1. The summed E-state index contributed by atoms with van der Waals surface area (Å²) in [6, 6.07) is 0. The molecule has 0 spiro atoms. The molecule has 1 amide bonds. The van der Waals surface area contributed by atoms with Gasteiger partial charge < -0.3 is 9.84 Å². The highest BCUT2D eigenvalue weighted by molar-refractivity contribution is 7.16. The number of amides is 1. The molecule has 1 rings (SSSR count). The third-order valence-corrected chi connectivity index (χ3v) is 3.61. The van der Waals surface area contributed by atoms with E-state index in [1.807, 2.05) is 6.92 Å². The first-order valence-corrected chi connectivity index (χ1v) is 6.79. The third-order valence-electron chi connectivity index (χ3n) is 2.78. The van der Waals surface area contributed by atoms with E-state index in [0.717, 1.165) is 4.88 Å². The van der Waals surface area contributed by atoms with Gasteiger partial charge in [-0.1, -0.05) is 30.1 Å². The number of rotatable bonds is 5. The zero-order chi connectivity index (χ0) is 14.3. The molecule has 0 aliphatic rings. The van der Waals surface area contributed by atoms with Crippen LogP contribution in [0.5, 0.6) is 0 Å². The highest BCUT2D eigenvalue weighted by Gasteiger charge is 2.31. The largest absolute Gasteiger partial charge is 0.395 e. The van der Waals surface area contributed by atoms with Crippen LogP contribution in [-0.2, 0) is 9.53 Å². The highest BCUT2D eigenvalue weighted by Crippen LogP contribution is 2.21. The highest BCUT2D eigenvalue weighted by atomic mass is 32.1. The van der Waals surface area contributed by atoms with Crippen LogP contribution in [0.1, 0.15) is 31.6 Å². The zero-order valence-corrected chi connectivity index (χ0v) is 12.1. The molecule has 19 heavy (non-hydrogen) atoms. The van der Waals surface area contributed by atoms with E-state index in [2.05, 4.69) is 22.1 Å². The predicted octanol–water partition coefficient (Wildman–Crippen LogP) is 1.63. The Labute approximate surface area is 117 Å². The van der Waals surface area contributed by atoms with Gasteiger partial charge in [0.1, 0.15) is 5.60 Å². The maximum atomic E-state index is 12.0. The summed E-state index contributed by atoms with van der Waals surface area (Å²) in [5.41, 5.74) is -0.853. The number of nitrogens with zero attached hydrogens (tertiary/aromatic N) is 1. The smallest absolute Gasteiger partial charge is 0.258 e. The summed E-state index contributed by atoms with van der Waals surface area (Å²) in [5.74, 6) is 5.45. The number of methoxy groups -OCH3 is 1. The number of hydrogen-bond donors (Lipinski definition) is 2. The standard InChI is InChI=1S/C13H18N2O3S/c1-4-13(2,18-3)11(17)15-12-14-9-10(19-12)7-5-6-8-16/h9,16H,4,6,8H2,1-3H3,(H,14,15,17). The molecule has 6 heteroatoms. The van der Waals surface area contributed by atoms with E-state index >= 15 is 0 Å². The van der Waals surface area contributed by atoms with Gasteiger partial charge in [-0.2, -0.15) is 0 Å². The average molecular weight is 282 g/mol. The summed E-state index contributed by atoms with van der Waals surface area (Å²) >= 11 is 1.29. The minimum atomic E-state index is -0.853. The Bertz CT molecular complexity index is 484. The topological polar surface area (TPSA) is 71.5 Å². The van der Waals surface area contributed by atoms with Crippen molar-refractivity contribution in [1.82, 2.24) is 4.98 Å². The first kappa shape index (κ1) is 15.6. The van der Waals surface area contributed by atoms with Gasteiger partial charge in [-0.15, -0.1) is 0 Å². The van der Waals surface area contributed by atoms with Crippen molar-refractivity contribution in [3.05, 3.63) is 11.1 Å². The molecule has 0 aliphatic carbocycles. The van der Waals surface area contributed by atoms with Crippen molar-refractivity contribution in [1.29, 1.82) is 0 Å². The summed E-state index contributed by atoms with van der Waals surface area (Å²) < 4.78 is 5.22. The Morgan fingerprint density at radius 3 is 3.00 bits per heavy atom. The van der Waals surface area contributed by atoms with Gasteiger partial charge >= 0.3 is 0 Å². The van der Waals surface area contributed by atoms with Crippen molar-refractivity contribution in [2.45, 2.75) is 32.3 Å². The van der Waals surface area contributed by atoms with Crippen LogP contribution in [0.4, 0.5) is 5.13 Å². The fourth-order valence-electron chi connectivity index (χ4n) is 1.22. The van der Waals surface area contributed by atoms with Crippen LogP contribution < -0.4 is 5.32 Å². The fraction of sp³-hybridized carbons (Fsp3) is 0.538. The molecular formula is C13H18N2O3S. The maximum absolute atomic E-state index is 12.0. The van der Waals surface area contributed by atoms with E-state index in [-0.39, 0.29) is 12.5 Å². The molecule has 1 aromatic rings. The van der Waals surface area contributed by atoms with Gasteiger partial charge in [-0.25, -0.2) is 4.98 Å². The molecular weight excluding hydrogens is 264 g/mol. The molecule has 1 unspecified atom stereocenters. The molecule has 2 N–H and O–H groups in total. The number of nitrogens with one attached hydrogen (secondary N) is 1. The Hall–Kier alpha value is -1.42. The van der Waals surface area contributed by atoms with Crippen molar-refractivity contribution < 1.29 is 14.6 Å². The number of carbonyl (C=O) groups is 1. The SMILES string of the molecule is CCC(C)(OC)C(=O)Nc1ncc(C#CCCO)s1. The lowest BCUT2D eigenvalue weighted by Gasteiger charge is -2.24. The molecule has 0 aliphatic heterocycles. The summed E-state index contributed by atoms with van der Waals surface area (Å²) in [6.07, 6.45) is 2.60. The van der Waals surface area contributed by atoms with Gasteiger partial charge in [0.2, 0.25) is 0 Å². The van der Waals surface area contributed by atoms with Crippen LogP contribution in [0, 0.1) is 11.8 Å². The van der Waals surface area contributed by atoms with E-state index in [9.17, 15) is 4.79 Å². The Morgan fingerprint density at radius 2 is 2.42 bits per heavy atom. The van der Waals surface area contributed by atoms with Crippen LogP contribution >= 0.6 is 11.3 Å². The maximum Gasteiger partial charge on any atom is 0.258 e. The van der Waals surface area contributed by atoms with Crippen molar-refractivity contribution in [3.8, 4) is 11.8 Å². The Morgan fingerprint density at radius 1 is 1.68 bits per heavy atom. The van der Waals surface area contributed by atoms with E-state index in [1.54, 1.807) is 13.1 Å². The van der Waals surface area contributed by atoms with Crippen molar-refractivity contribution >= 4 is 22.4 Å². The number of aliphatic hydroxyl groups is 1. The van der Waals surface area contributed by atoms with Crippen LogP contribution in [0.15, 0.2) is 6.20 Å². The Balaban J connectivity index is 2.69. The van der Waals surface area contributed by atoms with Gasteiger partial charge in [0.25, 0.3) is 5.91 Å². The molecule has 0 saturated carbocycles. The second-order valence-corrected chi connectivity index (χ2v) is 5.08. The van der Waals surface area contributed by atoms with E-state index < -0.39 is 5.60 Å². The average Bonchev–Trinajstić information content (AvgIpc) is 2.85. The van der Waals surface area contributed by atoms with E-state index in [0.29, 0.717) is 18.0 Å². The lowest BCUT2D eigenvalue weighted by Crippen LogP contribution is -2.41. The number of aliphatic hydroxyl groups excluding tert-OH is 1. The van der Waals surface area contributed by atoms with Crippen LogP contribution in [0.3, 0.4) is 0 Å². The van der Waals surface area contributed by atoms with Crippen molar-refractivity contribution in [3.63, 3.8) is 0 Å². The number of ether oxygens (including phenoxy) is 1. The summed E-state index contributed by atoms with van der Waals surface area (Å²) in [4.78, 5) is 16.9. The van der Waals surface area contributed by atoms with Crippen molar-refractivity contribution in [2.24, 2.45) is 0 Å². The summed E-state index contributed by atoms with van der Waals surface area (Å²) in [6.45, 7) is 3.66. The second-order valence-electron chi connectivity index (χ2n) is 4.05. The first-order valence-electron chi connectivity index (χ1n) is 5.98. The Kier molecular flexibility index (Phi) is 5.96. The van der Waals surface area contributed by atoms with Gasteiger partial charge in [0.15, 0.2) is 5.13 Å². The molecule has 1 aromatic heterocycles. The fourth-order valence-corrected chi connectivity index (χ4v) is 1.91. The summed E-state index contributed by atoms with van der Waals surface area (Å²) in [5, 5.41) is 11.8. The molecule has 0 radical (unpaired) electrons. The number of carbonyl (C=O) groups excluding carboxylic acids is 1. The number of hydrogen-bond acceptors (Lipinski definition) is 5. The predicted molar refractivity (Wildman–Crippen MR) is 75.0 cm³/mol. The first-order chi connectivity index (χ1) is 9.05. The molecule has 0 bridgehead atoms. The molecule has 1 atom stereocenters. The van der Waals surface area contributed by atoms with E-state index in [1.165, 1.54) is 18.4 Å². The van der Waals surface area contributed by atoms with Crippen LogP contribution in [0.2, 0.25) is 0 Å². The number of aromatic nitrogens is 1. The molecule has 5 nitrogen and oxygen atoms in total. The molecule has 104 valence electrons.